The SMILES string of the molecule is CC(=O)N1[C@H](c2ccc3c(c2)OCO3)c2[nH]c3ccccc3c2C[C@@H]1C(=O)N1CCN(C)CC1. The summed E-state index contributed by atoms with van der Waals surface area (Å²) in [5.74, 6) is 1.24. The quantitative estimate of drug-likeness (QED) is 0.636. The molecule has 2 aromatic carbocycles. The molecule has 3 aromatic rings. The minimum absolute atomic E-state index is 0.0185. The molecule has 6 rings (SSSR count). The molecule has 0 saturated carbocycles. The molecule has 2 amide bonds. The molecule has 1 N–H and O–H groups in total. The normalized spacial score (nSPS) is 22.2. The van der Waals surface area contributed by atoms with Crippen LogP contribution < -0.4 is 9.47 Å². The van der Waals surface area contributed by atoms with Gasteiger partial charge < -0.3 is 29.2 Å². The molecule has 176 valence electrons. The number of fused-ring (bicyclic) bond motifs is 4. The molecule has 1 fully saturated rings. The Bertz CT molecular complexity index is 1280. The van der Waals surface area contributed by atoms with E-state index < -0.39 is 12.1 Å². The Labute approximate surface area is 198 Å². The van der Waals surface area contributed by atoms with E-state index in [0.717, 1.165) is 40.8 Å². The summed E-state index contributed by atoms with van der Waals surface area (Å²) in [6.45, 7) is 4.75. The van der Waals surface area contributed by atoms with E-state index in [1.165, 1.54) is 0 Å². The molecule has 1 aromatic heterocycles. The molecule has 0 spiro atoms. The van der Waals surface area contributed by atoms with Gasteiger partial charge in [0, 0.05) is 56.1 Å². The standard InChI is InChI=1S/C26H28N4O4/c1-16(31)30-21(26(32)29-11-9-28(2)10-12-29)14-19-18-5-3-4-6-20(18)27-24(19)25(30)17-7-8-22-23(13-17)34-15-33-22/h3-8,13,21,25,27H,9-12,14-15H2,1-2H3/t21-,25-/m1/s1. The number of para-hydroxylation sites is 1. The average Bonchev–Trinajstić information content (AvgIpc) is 3.46. The molecule has 34 heavy (non-hydrogen) atoms. The summed E-state index contributed by atoms with van der Waals surface area (Å²) in [5.41, 5.74) is 3.96. The summed E-state index contributed by atoms with van der Waals surface area (Å²) in [4.78, 5) is 36.5. The Kier molecular flexibility index (Phi) is 4.99. The number of likely N-dealkylation sites (N-methyl/N-ethyl adjacent to an activating group) is 1. The van der Waals surface area contributed by atoms with Gasteiger partial charge in [0.2, 0.25) is 18.6 Å². The molecule has 3 aliphatic heterocycles. The smallest absolute Gasteiger partial charge is 0.245 e. The second-order valence-electron chi connectivity index (χ2n) is 9.35. The van der Waals surface area contributed by atoms with Gasteiger partial charge in [-0.3, -0.25) is 9.59 Å². The second kappa shape index (κ2) is 8.06. The highest BCUT2D eigenvalue weighted by molar-refractivity contribution is 5.92. The number of aromatic amines is 1. The zero-order valence-corrected chi connectivity index (χ0v) is 19.4. The van der Waals surface area contributed by atoms with Crippen molar-refractivity contribution in [2.75, 3.05) is 40.0 Å². The second-order valence-corrected chi connectivity index (χ2v) is 9.35. The van der Waals surface area contributed by atoms with Crippen LogP contribution in [0.1, 0.15) is 29.8 Å². The molecule has 8 nitrogen and oxygen atoms in total. The average molecular weight is 461 g/mol. The first-order valence-electron chi connectivity index (χ1n) is 11.8. The van der Waals surface area contributed by atoms with E-state index in [1.54, 1.807) is 11.8 Å². The molecule has 2 atom stereocenters. The number of rotatable bonds is 2. The van der Waals surface area contributed by atoms with Crippen molar-refractivity contribution >= 4 is 22.7 Å². The molecule has 0 bridgehead atoms. The number of piperazine rings is 1. The number of nitrogens with one attached hydrogen (secondary N) is 1. The van der Waals surface area contributed by atoms with E-state index >= 15 is 0 Å². The number of carbonyl (C=O) groups is 2. The highest BCUT2D eigenvalue weighted by Crippen LogP contribution is 2.44. The lowest BCUT2D eigenvalue weighted by molar-refractivity contribution is -0.148. The van der Waals surface area contributed by atoms with E-state index in [0.29, 0.717) is 31.0 Å². The Balaban J connectivity index is 1.49. The number of nitrogens with zero attached hydrogens (tertiary/aromatic N) is 3. The van der Waals surface area contributed by atoms with Gasteiger partial charge in [0.1, 0.15) is 6.04 Å². The maximum absolute atomic E-state index is 13.9. The van der Waals surface area contributed by atoms with Gasteiger partial charge in [-0.15, -0.1) is 0 Å². The van der Waals surface area contributed by atoms with Gasteiger partial charge in [0.25, 0.3) is 0 Å². The van der Waals surface area contributed by atoms with E-state index in [9.17, 15) is 9.59 Å². The lowest BCUT2D eigenvalue weighted by Gasteiger charge is -2.44. The first-order chi connectivity index (χ1) is 16.5. The van der Waals surface area contributed by atoms with Crippen LogP contribution in [0, 0.1) is 0 Å². The number of carbonyl (C=O) groups excluding carboxylic acids is 2. The van der Waals surface area contributed by atoms with Crippen LogP contribution in [0.3, 0.4) is 0 Å². The van der Waals surface area contributed by atoms with Crippen molar-refractivity contribution in [3.05, 3.63) is 59.3 Å². The van der Waals surface area contributed by atoms with Crippen LogP contribution >= 0.6 is 0 Å². The van der Waals surface area contributed by atoms with Crippen LogP contribution in [0.2, 0.25) is 0 Å². The zero-order valence-electron chi connectivity index (χ0n) is 19.4. The maximum atomic E-state index is 13.9. The zero-order chi connectivity index (χ0) is 23.4. The van der Waals surface area contributed by atoms with Gasteiger partial charge in [0.05, 0.1) is 6.04 Å². The molecule has 3 aliphatic rings. The number of H-pyrrole nitrogens is 1. The topological polar surface area (TPSA) is 78.1 Å². The van der Waals surface area contributed by atoms with Crippen molar-refractivity contribution in [1.82, 2.24) is 19.7 Å². The fourth-order valence-electron chi connectivity index (χ4n) is 5.54. The van der Waals surface area contributed by atoms with Crippen LogP contribution in [0.25, 0.3) is 10.9 Å². The van der Waals surface area contributed by atoms with Crippen molar-refractivity contribution in [3.63, 3.8) is 0 Å². The minimum atomic E-state index is -0.567. The van der Waals surface area contributed by atoms with E-state index in [-0.39, 0.29) is 18.6 Å². The maximum Gasteiger partial charge on any atom is 0.245 e. The lowest BCUT2D eigenvalue weighted by atomic mass is 9.87. The highest BCUT2D eigenvalue weighted by Gasteiger charge is 2.44. The summed E-state index contributed by atoms with van der Waals surface area (Å²) in [6, 6.07) is 12.9. The first kappa shape index (κ1) is 21.0. The summed E-state index contributed by atoms with van der Waals surface area (Å²) in [5, 5.41) is 1.10. The fourth-order valence-corrected chi connectivity index (χ4v) is 5.54. The van der Waals surface area contributed by atoms with Gasteiger partial charge in [-0.1, -0.05) is 24.3 Å². The number of hydrogen-bond acceptors (Lipinski definition) is 5. The molecular weight excluding hydrogens is 432 g/mol. The number of ether oxygens (including phenoxy) is 2. The molecule has 1 saturated heterocycles. The number of aromatic nitrogens is 1. The number of benzene rings is 2. The fraction of sp³-hybridized carbons (Fsp3) is 0.385. The molecule has 8 heteroatoms. The highest BCUT2D eigenvalue weighted by atomic mass is 16.7. The van der Waals surface area contributed by atoms with Crippen LogP contribution in [0.5, 0.6) is 11.5 Å². The molecule has 0 radical (unpaired) electrons. The van der Waals surface area contributed by atoms with Gasteiger partial charge in [-0.2, -0.15) is 0 Å². The van der Waals surface area contributed by atoms with Crippen molar-refractivity contribution in [2.45, 2.75) is 25.4 Å². The van der Waals surface area contributed by atoms with E-state index in [1.807, 2.05) is 41.3 Å². The summed E-state index contributed by atoms with van der Waals surface area (Å²) >= 11 is 0. The molecule has 0 aliphatic carbocycles. The summed E-state index contributed by atoms with van der Waals surface area (Å²) in [6.07, 6.45) is 0.491. The predicted molar refractivity (Wildman–Crippen MR) is 127 cm³/mol. The third-order valence-corrected chi connectivity index (χ3v) is 7.31. The third-order valence-electron chi connectivity index (χ3n) is 7.31. The van der Waals surface area contributed by atoms with Crippen LogP contribution in [-0.4, -0.2) is 77.6 Å². The minimum Gasteiger partial charge on any atom is -0.454 e. The third kappa shape index (κ3) is 3.32. The van der Waals surface area contributed by atoms with Crippen molar-refractivity contribution in [2.24, 2.45) is 0 Å². The lowest BCUT2D eigenvalue weighted by Crippen LogP contribution is -2.58. The molecule has 0 unspecified atom stereocenters. The van der Waals surface area contributed by atoms with Crippen molar-refractivity contribution in [3.8, 4) is 11.5 Å². The predicted octanol–water partition coefficient (Wildman–Crippen LogP) is 2.53. The molecule has 4 heterocycles. The van der Waals surface area contributed by atoms with Crippen molar-refractivity contribution < 1.29 is 19.1 Å². The van der Waals surface area contributed by atoms with Gasteiger partial charge in [-0.05, 0) is 36.4 Å². The van der Waals surface area contributed by atoms with E-state index in [2.05, 4.69) is 23.0 Å². The Morgan fingerprint density at radius 3 is 2.56 bits per heavy atom. The first-order valence-corrected chi connectivity index (χ1v) is 11.8. The van der Waals surface area contributed by atoms with Crippen LogP contribution in [0.15, 0.2) is 42.5 Å². The number of amides is 2. The Morgan fingerprint density at radius 2 is 1.76 bits per heavy atom. The number of hydrogen-bond donors (Lipinski definition) is 1. The van der Waals surface area contributed by atoms with Gasteiger partial charge in [-0.25, -0.2) is 0 Å². The Morgan fingerprint density at radius 1 is 1.00 bits per heavy atom. The Hall–Kier alpha value is -3.52. The summed E-state index contributed by atoms with van der Waals surface area (Å²) in [7, 11) is 2.07. The van der Waals surface area contributed by atoms with Crippen molar-refractivity contribution in [1.29, 1.82) is 0 Å². The monoisotopic (exact) mass is 460 g/mol. The van der Waals surface area contributed by atoms with Gasteiger partial charge >= 0.3 is 0 Å². The van der Waals surface area contributed by atoms with Crippen LogP contribution in [-0.2, 0) is 16.0 Å². The van der Waals surface area contributed by atoms with Gasteiger partial charge in [0.15, 0.2) is 11.5 Å². The molecular formula is C26H28N4O4. The van der Waals surface area contributed by atoms with E-state index in [4.69, 9.17) is 9.47 Å². The summed E-state index contributed by atoms with van der Waals surface area (Å²) < 4.78 is 11.1. The van der Waals surface area contributed by atoms with Crippen LogP contribution in [0.4, 0.5) is 0 Å². The largest absolute Gasteiger partial charge is 0.454 e.